The first-order valence-electron chi connectivity index (χ1n) is 10.4. The van der Waals surface area contributed by atoms with Crippen LogP contribution in [0.4, 0.5) is 13.2 Å². The number of hydrogen-bond donors (Lipinski definition) is 3. The smallest absolute Gasteiger partial charge is 0.417 e. The van der Waals surface area contributed by atoms with Gasteiger partial charge in [-0.25, -0.2) is 10.8 Å². The van der Waals surface area contributed by atoms with E-state index in [2.05, 4.69) is 25.2 Å². The first kappa shape index (κ1) is 26.2. The molecule has 0 saturated carbocycles. The molecule has 2 aromatic heterocycles. The molecule has 0 aliphatic rings. The van der Waals surface area contributed by atoms with Gasteiger partial charge in [-0.05, 0) is 17.7 Å². The fraction of sp³-hybridized carbons (Fsp3) is 0.227. The van der Waals surface area contributed by atoms with E-state index in [0.717, 1.165) is 17.7 Å². The summed E-state index contributed by atoms with van der Waals surface area (Å²) in [5.74, 6) is 11.9. The standard InChI is InChI=1S/C22H24F3N9O2/c1-29-17(12-35-19-7-6-15(11-30-19)22(23,24)25)16(10-26)21-31-20(33-36-21)14-5-3-4-13(8-14)9-18(32-27)34(2)28/h3-8,10-11H,9,12,26-28H2,1-2H3/b16-10+,29-17?,32-18-. The van der Waals surface area contributed by atoms with Crippen LogP contribution >= 0.6 is 0 Å². The lowest BCUT2D eigenvalue weighted by atomic mass is 10.1. The number of ether oxygens (including phenoxy) is 1. The minimum Gasteiger partial charge on any atom is -0.471 e. The number of hydrazine groups is 1. The second kappa shape index (κ2) is 11.3. The SMILES string of the molecule is CN=C(COc1ccc(C(F)(F)F)cn1)/C(=C\N)c1nc(-c2cccc(C/C(=N/N)N(C)N)c2)no1. The largest absolute Gasteiger partial charge is 0.471 e. The third-order valence-electron chi connectivity index (χ3n) is 4.93. The van der Waals surface area contributed by atoms with E-state index in [-0.39, 0.29) is 18.4 Å². The van der Waals surface area contributed by atoms with Crippen LogP contribution in [-0.4, -0.2) is 52.4 Å². The van der Waals surface area contributed by atoms with E-state index in [1.807, 2.05) is 18.2 Å². The Morgan fingerprint density at radius 1 is 1.25 bits per heavy atom. The number of nitrogens with zero attached hydrogens (tertiary/aromatic N) is 6. The molecule has 1 aromatic carbocycles. The zero-order valence-corrected chi connectivity index (χ0v) is 19.4. The number of amidine groups is 1. The van der Waals surface area contributed by atoms with Gasteiger partial charge in [0.05, 0.1) is 16.8 Å². The van der Waals surface area contributed by atoms with Crippen molar-refractivity contribution in [3.63, 3.8) is 0 Å². The lowest BCUT2D eigenvalue weighted by Gasteiger charge is -2.14. The summed E-state index contributed by atoms with van der Waals surface area (Å²) in [5, 5.41) is 9.01. The van der Waals surface area contributed by atoms with Crippen molar-refractivity contribution in [1.82, 2.24) is 20.1 Å². The van der Waals surface area contributed by atoms with Crippen molar-refractivity contribution in [2.24, 2.45) is 27.5 Å². The Labute approximate surface area is 204 Å². The van der Waals surface area contributed by atoms with Gasteiger partial charge in [-0.1, -0.05) is 23.4 Å². The fourth-order valence-electron chi connectivity index (χ4n) is 3.04. The lowest BCUT2D eigenvalue weighted by Crippen LogP contribution is -2.35. The summed E-state index contributed by atoms with van der Waals surface area (Å²) in [6, 6.07) is 9.31. The molecule has 3 rings (SSSR count). The zero-order valence-electron chi connectivity index (χ0n) is 19.4. The molecule has 6 N–H and O–H groups in total. The average Bonchev–Trinajstić information content (AvgIpc) is 3.34. The first-order valence-corrected chi connectivity index (χ1v) is 10.4. The Balaban J connectivity index is 1.75. The number of hydrazone groups is 1. The van der Waals surface area contributed by atoms with Crippen LogP contribution in [0.5, 0.6) is 5.88 Å². The van der Waals surface area contributed by atoms with Gasteiger partial charge in [-0.15, -0.1) is 0 Å². The highest BCUT2D eigenvalue weighted by molar-refractivity contribution is 6.23. The molecule has 0 radical (unpaired) electrons. The minimum atomic E-state index is -4.49. The van der Waals surface area contributed by atoms with Crippen LogP contribution in [0.2, 0.25) is 0 Å². The normalized spacial score (nSPS) is 13.1. The van der Waals surface area contributed by atoms with E-state index >= 15 is 0 Å². The Morgan fingerprint density at radius 2 is 2.03 bits per heavy atom. The third kappa shape index (κ3) is 6.35. The topological polar surface area (TPSA) is 167 Å². The summed E-state index contributed by atoms with van der Waals surface area (Å²) < 4.78 is 49.0. The van der Waals surface area contributed by atoms with Crippen LogP contribution in [0, 0.1) is 0 Å². The van der Waals surface area contributed by atoms with Gasteiger partial charge >= 0.3 is 6.18 Å². The number of nitrogens with two attached hydrogens (primary N) is 3. The predicted molar refractivity (Wildman–Crippen MR) is 127 cm³/mol. The molecule has 14 heteroatoms. The van der Waals surface area contributed by atoms with Crippen molar-refractivity contribution < 1.29 is 22.4 Å². The van der Waals surface area contributed by atoms with E-state index in [1.165, 1.54) is 18.3 Å². The molecule has 0 fully saturated rings. The molecular weight excluding hydrogens is 479 g/mol. The number of pyridine rings is 1. The maximum absolute atomic E-state index is 12.7. The van der Waals surface area contributed by atoms with Crippen molar-refractivity contribution in [3.8, 4) is 17.3 Å². The third-order valence-corrected chi connectivity index (χ3v) is 4.93. The molecule has 0 unspecified atom stereocenters. The number of aliphatic imine (C=N–C) groups is 1. The number of benzene rings is 1. The van der Waals surface area contributed by atoms with Gasteiger partial charge in [0.25, 0.3) is 5.89 Å². The molecular formula is C22H24F3N9O2. The Morgan fingerprint density at radius 3 is 2.61 bits per heavy atom. The molecule has 0 aliphatic carbocycles. The van der Waals surface area contributed by atoms with E-state index in [0.29, 0.717) is 41.1 Å². The molecule has 0 bridgehead atoms. The quantitative estimate of drug-likeness (QED) is 0.181. The number of alkyl halides is 3. The summed E-state index contributed by atoms with van der Waals surface area (Å²) in [6.07, 6.45) is -2.20. The summed E-state index contributed by atoms with van der Waals surface area (Å²) in [6.45, 7) is -0.154. The van der Waals surface area contributed by atoms with Crippen LogP contribution in [-0.2, 0) is 12.6 Å². The number of rotatable bonds is 8. The van der Waals surface area contributed by atoms with Gasteiger partial charge in [0.1, 0.15) is 12.4 Å². The maximum atomic E-state index is 12.7. The Hall–Kier alpha value is -4.46. The lowest BCUT2D eigenvalue weighted by molar-refractivity contribution is -0.137. The highest BCUT2D eigenvalue weighted by atomic mass is 19.4. The molecule has 11 nitrogen and oxygen atoms in total. The van der Waals surface area contributed by atoms with Gasteiger partial charge in [-0.2, -0.15) is 23.3 Å². The summed E-state index contributed by atoms with van der Waals surface area (Å²) in [7, 11) is 3.13. The summed E-state index contributed by atoms with van der Waals surface area (Å²) in [4.78, 5) is 12.2. The minimum absolute atomic E-state index is 0.0212. The van der Waals surface area contributed by atoms with Crippen molar-refractivity contribution in [1.29, 1.82) is 0 Å². The van der Waals surface area contributed by atoms with E-state index in [4.69, 9.17) is 26.7 Å². The predicted octanol–water partition coefficient (Wildman–Crippen LogP) is 2.22. The van der Waals surface area contributed by atoms with E-state index < -0.39 is 11.7 Å². The molecule has 0 spiro atoms. The first-order chi connectivity index (χ1) is 17.2. The number of aromatic nitrogens is 3. The van der Waals surface area contributed by atoms with Crippen molar-refractivity contribution in [2.45, 2.75) is 12.6 Å². The second-order valence-corrected chi connectivity index (χ2v) is 7.38. The van der Waals surface area contributed by atoms with Crippen molar-refractivity contribution in [2.75, 3.05) is 20.7 Å². The molecule has 3 aromatic rings. The van der Waals surface area contributed by atoms with Gasteiger partial charge in [0.15, 0.2) is 0 Å². The van der Waals surface area contributed by atoms with Crippen molar-refractivity contribution in [3.05, 3.63) is 65.8 Å². The fourth-order valence-corrected chi connectivity index (χ4v) is 3.04. The number of likely N-dealkylation sites (N-methyl/N-ethyl adjacent to an activating group) is 1. The second-order valence-electron chi connectivity index (χ2n) is 7.38. The Bertz CT molecular complexity index is 1270. The summed E-state index contributed by atoms with van der Waals surface area (Å²) in [5.41, 5.74) is 7.03. The van der Waals surface area contributed by atoms with Crippen LogP contribution in [0.15, 0.2) is 63.4 Å². The van der Waals surface area contributed by atoms with Crippen LogP contribution in [0.1, 0.15) is 17.0 Å². The Kier molecular flexibility index (Phi) is 8.22. The molecule has 0 atom stereocenters. The van der Waals surface area contributed by atoms with Gasteiger partial charge in [-0.3, -0.25) is 10.0 Å². The summed E-state index contributed by atoms with van der Waals surface area (Å²) >= 11 is 0. The number of hydrogen-bond acceptors (Lipinski definition) is 10. The molecule has 2 heterocycles. The number of halogens is 3. The van der Waals surface area contributed by atoms with Crippen LogP contribution in [0.3, 0.4) is 0 Å². The average molecular weight is 503 g/mol. The zero-order chi connectivity index (χ0) is 26.3. The molecule has 0 saturated heterocycles. The molecule has 0 amide bonds. The van der Waals surface area contributed by atoms with E-state index in [1.54, 1.807) is 13.1 Å². The molecule has 0 aliphatic heterocycles. The highest BCUT2D eigenvalue weighted by Crippen LogP contribution is 2.29. The van der Waals surface area contributed by atoms with Gasteiger partial charge < -0.3 is 20.8 Å². The van der Waals surface area contributed by atoms with Crippen LogP contribution < -0.4 is 22.2 Å². The van der Waals surface area contributed by atoms with Gasteiger partial charge in [0.2, 0.25) is 11.7 Å². The van der Waals surface area contributed by atoms with E-state index in [9.17, 15) is 13.2 Å². The highest BCUT2D eigenvalue weighted by Gasteiger charge is 2.30. The monoisotopic (exact) mass is 503 g/mol. The van der Waals surface area contributed by atoms with Gasteiger partial charge in [0, 0.05) is 44.5 Å². The maximum Gasteiger partial charge on any atom is 0.417 e. The van der Waals surface area contributed by atoms with Crippen LogP contribution in [0.25, 0.3) is 17.0 Å². The molecule has 190 valence electrons. The molecule has 36 heavy (non-hydrogen) atoms. The van der Waals surface area contributed by atoms with Crippen molar-refractivity contribution >= 4 is 17.1 Å².